The second-order valence-electron chi connectivity index (χ2n) is 6.40. The predicted molar refractivity (Wildman–Crippen MR) is 116 cm³/mol. The lowest BCUT2D eigenvalue weighted by Gasteiger charge is -2.12. The maximum Gasteiger partial charge on any atom is 0.191 e. The number of imidazole rings is 1. The molecule has 0 fully saturated rings. The summed E-state index contributed by atoms with van der Waals surface area (Å²) in [5.41, 5.74) is 1.28. The van der Waals surface area contributed by atoms with E-state index in [0.29, 0.717) is 6.54 Å². The standard InChI is InChI=1S/C21H28N6S/c1-3-18-14-25-20(28-18)15-26-21(22-4-2)24-11-10-19-23-12-13-27(19)16-17-8-6-5-7-9-17/h5-9,12-14H,3-4,10-11,15-16H2,1-2H3,(H2,22,24,26). The molecule has 2 N–H and O–H groups in total. The fraction of sp³-hybridized carbons (Fsp3) is 0.381. The molecule has 0 spiro atoms. The van der Waals surface area contributed by atoms with Crippen molar-refractivity contribution in [2.75, 3.05) is 13.1 Å². The minimum Gasteiger partial charge on any atom is -0.357 e. The zero-order chi connectivity index (χ0) is 19.6. The lowest BCUT2D eigenvalue weighted by Crippen LogP contribution is -2.38. The number of nitrogens with one attached hydrogen (secondary N) is 2. The minimum absolute atomic E-state index is 0.600. The molecule has 0 aliphatic carbocycles. The molecule has 1 aromatic carbocycles. The third-order valence-corrected chi connectivity index (χ3v) is 5.43. The van der Waals surface area contributed by atoms with Crippen LogP contribution in [0.1, 0.15) is 35.1 Å². The molecule has 7 heteroatoms. The second kappa shape index (κ2) is 10.6. The lowest BCUT2D eigenvalue weighted by molar-refractivity contribution is 0.694. The van der Waals surface area contributed by atoms with Gasteiger partial charge in [0.1, 0.15) is 10.8 Å². The Morgan fingerprint density at radius 1 is 1.14 bits per heavy atom. The number of aliphatic imine (C=N–C) groups is 1. The summed E-state index contributed by atoms with van der Waals surface area (Å²) in [7, 11) is 0. The van der Waals surface area contributed by atoms with Crippen molar-refractivity contribution in [3.8, 4) is 0 Å². The van der Waals surface area contributed by atoms with Gasteiger partial charge in [-0.25, -0.2) is 15.0 Å². The molecule has 2 heterocycles. The average Bonchev–Trinajstić information content (AvgIpc) is 3.36. The van der Waals surface area contributed by atoms with Crippen LogP contribution in [0.4, 0.5) is 0 Å². The van der Waals surface area contributed by atoms with Crippen LogP contribution in [0.3, 0.4) is 0 Å². The van der Waals surface area contributed by atoms with Crippen LogP contribution in [0.2, 0.25) is 0 Å². The van der Waals surface area contributed by atoms with Crippen molar-refractivity contribution in [2.45, 2.75) is 39.8 Å². The number of aromatic nitrogens is 3. The number of thiazole rings is 1. The summed E-state index contributed by atoms with van der Waals surface area (Å²) in [6.07, 6.45) is 7.71. The van der Waals surface area contributed by atoms with Crippen molar-refractivity contribution >= 4 is 17.3 Å². The van der Waals surface area contributed by atoms with E-state index in [1.54, 1.807) is 11.3 Å². The van der Waals surface area contributed by atoms with Crippen LogP contribution < -0.4 is 10.6 Å². The van der Waals surface area contributed by atoms with E-state index >= 15 is 0 Å². The van der Waals surface area contributed by atoms with Gasteiger partial charge < -0.3 is 15.2 Å². The lowest BCUT2D eigenvalue weighted by atomic mass is 10.2. The first kappa shape index (κ1) is 20.1. The van der Waals surface area contributed by atoms with Crippen LogP contribution >= 0.6 is 11.3 Å². The molecule has 0 unspecified atom stereocenters. The van der Waals surface area contributed by atoms with Gasteiger partial charge in [-0.3, -0.25) is 0 Å². The van der Waals surface area contributed by atoms with Crippen LogP contribution in [0, 0.1) is 0 Å². The predicted octanol–water partition coefficient (Wildman–Crippen LogP) is 3.25. The molecule has 3 aromatic rings. The van der Waals surface area contributed by atoms with Gasteiger partial charge in [-0.05, 0) is 18.9 Å². The van der Waals surface area contributed by atoms with Crippen LogP contribution in [0.15, 0.2) is 53.9 Å². The number of hydrogen-bond acceptors (Lipinski definition) is 4. The van der Waals surface area contributed by atoms with E-state index in [-0.39, 0.29) is 0 Å². The summed E-state index contributed by atoms with van der Waals surface area (Å²) in [6, 6.07) is 10.5. The van der Waals surface area contributed by atoms with Gasteiger partial charge in [0.15, 0.2) is 5.96 Å². The van der Waals surface area contributed by atoms with Crippen molar-refractivity contribution in [1.29, 1.82) is 0 Å². The molecule has 28 heavy (non-hydrogen) atoms. The topological polar surface area (TPSA) is 67.1 Å². The van der Waals surface area contributed by atoms with Crippen molar-refractivity contribution in [3.05, 3.63) is 70.2 Å². The molecule has 0 bridgehead atoms. The molecule has 0 aliphatic heterocycles. The number of nitrogens with zero attached hydrogens (tertiary/aromatic N) is 4. The Kier molecular flexibility index (Phi) is 7.61. The Hall–Kier alpha value is -2.67. The molecular formula is C21H28N6S. The van der Waals surface area contributed by atoms with E-state index in [4.69, 9.17) is 0 Å². The second-order valence-corrected chi connectivity index (χ2v) is 7.60. The number of aryl methyl sites for hydroxylation is 1. The smallest absolute Gasteiger partial charge is 0.191 e. The highest BCUT2D eigenvalue weighted by molar-refractivity contribution is 7.11. The average molecular weight is 397 g/mol. The van der Waals surface area contributed by atoms with Crippen LogP contribution in [-0.4, -0.2) is 33.6 Å². The first-order valence-electron chi connectivity index (χ1n) is 9.78. The Labute approximate surface area is 170 Å². The normalized spacial score (nSPS) is 11.6. The van der Waals surface area contributed by atoms with E-state index in [0.717, 1.165) is 49.3 Å². The summed E-state index contributed by atoms with van der Waals surface area (Å²) in [4.78, 5) is 14.9. The minimum atomic E-state index is 0.600. The fourth-order valence-corrected chi connectivity index (χ4v) is 3.64. The molecule has 148 valence electrons. The number of guanidine groups is 1. The van der Waals surface area contributed by atoms with E-state index in [1.807, 2.05) is 24.7 Å². The highest BCUT2D eigenvalue weighted by Gasteiger charge is 2.05. The van der Waals surface area contributed by atoms with Crippen LogP contribution in [0.5, 0.6) is 0 Å². The Bertz CT molecular complexity index is 868. The van der Waals surface area contributed by atoms with Crippen molar-refractivity contribution in [3.63, 3.8) is 0 Å². The van der Waals surface area contributed by atoms with E-state index in [9.17, 15) is 0 Å². The van der Waals surface area contributed by atoms with Gasteiger partial charge in [-0.15, -0.1) is 11.3 Å². The summed E-state index contributed by atoms with van der Waals surface area (Å²) < 4.78 is 2.20. The van der Waals surface area contributed by atoms with Crippen molar-refractivity contribution in [2.24, 2.45) is 4.99 Å². The van der Waals surface area contributed by atoms with E-state index < -0.39 is 0 Å². The molecule has 0 saturated heterocycles. The molecule has 0 aliphatic rings. The molecular weight excluding hydrogens is 368 g/mol. The fourth-order valence-electron chi connectivity index (χ4n) is 2.86. The van der Waals surface area contributed by atoms with Gasteiger partial charge in [0.2, 0.25) is 0 Å². The summed E-state index contributed by atoms with van der Waals surface area (Å²) in [5.74, 6) is 1.89. The first-order chi connectivity index (χ1) is 13.8. The van der Waals surface area contributed by atoms with Gasteiger partial charge in [-0.2, -0.15) is 0 Å². The summed E-state index contributed by atoms with van der Waals surface area (Å²) in [5, 5.41) is 7.75. The summed E-state index contributed by atoms with van der Waals surface area (Å²) in [6.45, 7) is 7.26. The maximum absolute atomic E-state index is 4.66. The van der Waals surface area contributed by atoms with Crippen LogP contribution in [0.25, 0.3) is 0 Å². The van der Waals surface area contributed by atoms with E-state index in [2.05, 4.69) is 68.3 Å². The Morgan fingerprint density at radius 2 is 2.00 bits per heavy atom. The number of rotatable bonds is 9. The SMILES string of the molecule is CCNC(=NCc1ncc(CC)s1)NCCc1nccn1Cc1ccccc1. The van der Waals surface area contributed by atoms with Gasteiger partial charge in [0, 0.05) is 49.5 Å². The molecule has 0 atom stereocenters. The molecule has 2 aromatic heterocycles. The maximum atomic E-state index is 4.66. The van der Waals surface area contributed by atoms with Crippen molar-refractivity contribution < 1.29 is 0 Å². The van der Waals surface area contributed by atoms with E-state index in [1.165, 1.54) is 10.4 Å². The van der Waals surface area contributed by atoms with Gasteiger partial charge in [-0.1, -0.05) is 37.3 Å². The van der Waals surface area contributed by atoms with Crippen molar-refractivity contribution in [1.82, 2.24) is 25.2 Å². The zero-order valence-electron chi connectivity index (χ0n) is 16.6. The molecule has 0 saturated carbocycles. The molecule has 0 radical (unpaired) electrons. The Balaban J connectivity index is 1.53. The first-order valence-corrected chi connectivity index (χ1v) is 10.6. The third-order valence-electron chi connectivity index (χ3n) is 4.31. The quantitative estimate of drug-likeness (QED) is 0.430. The highest BCUT2D eigenvalue weighted by atomic mass is 32.1. The Morgan fingerprint density at radius 3 is 2.75 bits per heavy atom. The number of benzene rings is 1. The monoisotopic (exact) mass is 396 g/mol. The number of hydrogen-bond donors (Lipinski definition) is 2. The van der Waals surface area contributed by atoms with Crippen LogP contribution in [-0.2, 0) is 25.9 Å². The van der Waals surface area contributed by atoms with Gasteiger partial charge in [0.25, 0.3) is 0 Å². The molecule has 6 nitrogen and oxygen atoms in total. The largest absolute Gasteiger partial charge is 0.357 e. The summed E-state index contributed by atoms with van der Waals surface area (Å²) >= 11 is 1.73. The van der Waals surface area contributed by atoms with Gasteiger partial charge >= 0.3 is 0 Å². The molecule has 3 rings (SSSR count). The highest BCUT2D eigenvalue weighted by Crippen LogP contribution is 2.14. The zero-order valence-corrected chi connectivity index (χ0v) is 17.4. The van der Waals surface area contributed by atoms with Gasteiger partial charge in [0.05, 0.1) is 6.54 Å². The molecule has 0 amide bonds. The third kappa shape index (κ3) is 5.92.